The zero-order chi connectivity index (χ0) is 17.1. The third-order valence-electron chi connectivity index (χ3n) is 4.26. The van der Waals surface area contributed by atoms with Gasteiger partial charge in [-0.25, -0.2) is 0 Å². The minimum atomic E-state index is 0.507. The SMILES string of the molecule is COc1cc(C2=NCCS2)ccc1OCc1cccc2ccccc12. The van der Waals surface area contributed by atoms with Gasteiger partial charge in [-0.15, -0.1) is 11.8 Å². The lowest BCUT2D eigenvalue weighted by atomic mass is 10.1. The van der Waals surface area contributed by atoms with Crippen LogP contribution in [0.15, 0.2) is 65.7 Å². The van der Waals surface area contributed by atoms with Gasteiger partial charge in [-0.3, -0.25) is 4.99 Å². The van der Waals surface area contributed by atoms with Crippen LogP contribution in [0.4, 0.5) is 0 Å². The Balaban J connectivity index is 1.58. The topological polar surface area (TPSA) is 30.8 Å². The fourth-order valence-electron chi connectivity index (χ4n) is 3.00. The van der Waals surface area contributed by atoms with Crippen LogP contribution in [0.1, 0.15) is 11.1 Å². The van der Waals surface area contributed by atoms with Gasteiger partial charge in [0.2, 0.25) is 0 Å². The van der Waals surface area contributed by atoms with Gasteiger partial charge in [-0.05, 0) is 34.5 Å². The van der Waals surface area contributed by atoms with E-state index in [1.165, 1.54) is 16.3 Å². The summed E-state index contributed by atoms with van der Waals surface area (Å²) in [5.41, 5.74) is 2.26. The number of ether oxygens (including phenoxy) is 2. The van der Waals surface area contributed by atoms with Crippen LogP contribution < -0.4 is 9.47 Å². The Morgan fingerprint density at radius 1 is 1.00 bits per heavy atom. The number of fused-ring (bicyclic) bond motifs is 1. The molecule has 0 amide bonds. The molecular formula is C21H19NO2S. The summed E-state index contributed by atoms with van der Waals surface area (Å²) in [6.45, 7) is 1.40. The van der Waals surface area contributed by atoms with Gasteiger partial charge in [0, 0.05) is 17.9 Å². The molecule has 1 aliphatic heterocycles. The Morgan fingerprint density at radius 3 is 2.72 bits per heavy atom. The first-order chi connectivity index (χ1) is 12.3. The molecule has 0 fully saturated rings. The van der Waals surface area contributed by atoms with Crippen molar-refractivity contribution in [3.8, 4) is 11.5 Å². The van der Waals surface area contributed by atoms with Gasteiger partial charge in [0.25, 0.3) is 0 Å². The number of rotatable bonds is 5. The van der Waals surface area contributed by atoms with Crippen LogP contribution in [0.2, 0.25) is 0 Å². The van der Waals surface area contributed by atoms with E-state index >= 15 is 0 Å². The maximum absolute atomic E-state index is 6.07. The van der Waals surface area contributed by atoms with Gasteiger partial charge in [0.15, 0.2) is 11.5 Å². The fraction of sp³-hybridized carbons (Fsp3) is 0.190. The Kier molecular flexibility index (Phi) is 4.61. The minimum absolute atomic E-state index is 0.507. The Labute approximate surface area is 151 Å². The van der Waals surface area contributed by atoms with Crippen molar-refractivity contribution in [3.05, 3.63) is 71.8 Å². The number of aliphatic imine (C=N–C) groups is 1. The molecule has 0 radical (unpaired) electrons. The lowest BCUT2D eigenvalue weighted by molar-refractivity contribution is 0.285. The molecule has 0 spiro atoms. The van der Waals surface area contributed by atoms with E-state index in [1.54, 1.807) is 18.9 Å². The molecule has 0 aromatic heterocycles. The number of hydrogen-bond donors (Lipinski definition) is 0. The zero-order valence-corrected chi connectivity index (χ0v) is 14.9. The molecule has 0 aliphatic carbocycles. The Bertz CT molecular complexity index is 931. The highest BCUT2D eigenvalue weighted by atomic mass is 32.2. The van der Waals surface area contributed by atoms with E-state index in [0.29, 0.717) is 6.61 Å². The monoisotopic (exact) mass is 349 g/mol. The summed E-state index contributed by atoms with van der Waals surface area (Å²) in [4.78, 5) is 4.52. The first-order valence-electron chi connectivity index (χ1n) is 8.30. The molecule has 25 heavy (non-hydrogen) atoms. The van der Waals surface area contributed by atoms with Crippen LogP contribution in [-0.2, 0) is 6.61 Å². The van der Waals surface area contributed by atoms with Crippen molar-refractivity contribution in [1.29, 1.82) is 0 Å². The molecule has 3 aromatic rings. The third kappa shape index (κ3) is 3.35. The largest absolute Gasteiger partial charge is 0.493 e. The highest BCUT2D eigenvalue weighted by molar-refractivity contribution is 8.14. The third-order valence-corrected chi connectivity index (χ3v) is 5.28. The van der Waals surface area contributed by atoms with Crippen LogP contribution in [0.25, 0.3) is 10.8 Å². The average Bonchev–Trinajstić information content (AvgIpc) is 3.21. The van der Waals surface area contributed by atoms with Crippen molar-refractivity contribution in [2.24, 2.45) is 4.99 Å². The molecule has 3 nitrogen and oxygen atoms in total. The van der Waals surface area contributed by atoms with E-state index in [-0.39, 0.29) is 0 Å². The molecule has 0 atom stereocenters. The van der Waals surface area contributed by atoms with E-state index in [9.17, 15) is 0 Å². The predicted octanol–water partition coefficient (Wildman–Crippen LogP) is 4.92. The van der Waals surface area contributed by atoms with Gasteiger partial charge in [0.1, 0.15) is 6.61 Å². The Morgan fingerprint density at radius 2 is 1.88 bits per heavy atom. The number of nitrogens with zero attached hydrogens (tertiary/aromatic N) is 1. The van der Waals surface area contributed by atoms with Gasteiger partial charge in [-0.1, -0.05) is 42.5 Å². The van der Waals surface area contributed by atoms with Crippen molar-refractivity contribution >= 4 is 27.6 Å². The number of hydrogen-bond acceptors (Lipinski definition) is 4. The second-order valence-electron chi connectivity index (χ2n) is 5.83. The molecule has 0 N–H and O–H groups in total. The quantitative estimate of drug-likeness (QED) is 0.655. The van der Waals surface area contributed by atoms with Crippen molar-refractivity contribution in [2.45, 2.75) is 6.61 Å². The molecule has 0 saturated carbocycles. The molecule has 4 heteroatoms. The van der Waals surface area contributed by atoms with Crippen LogP contribution in [0.5, 0.6) is 11.5 Å². The van der Waals surface area contributed by atoms with Crippen molar-refractivity contribution in [2.75, 3.05) is 19.4 Å². The van der Waals surface area contributed by atoms with Crippen molar-refractivity contribution in [1.82, 2.24) is 0 Å². The minimum Gasteiger partial charge on any atom is -0.493 e. The van der Waals surface area contributed by atoms with Crippen LogP contribution in [-0.4, -0.2) is 24.5 Å². The molecule has 0 saturated heterocycles. The molecule has 126 valence electrons. The maximum atomic E-state index is 6.07. The summed E-state index contributed by atoms with van der Waals surface area (Å²) in [5, 5.41) is 3.53. The summed E-state index contributed by atoms with van der Waals surface area (Å²) in [7, 11) is 1.67. The standard InChI is InChI=1S/C21H19NO2S/c1-23-20-13-16(21-22-11-12-25-21)9-10-19(20)24-14-17-7-4-6-15-5-2-3-8-18(15)17/h2-10,13H,11-12,14H2,1H3. The van der Waals surface area contributed by atoms with Gasteiger partial charge >= 0.3 is 0 Å². The highest BCUT2D eigenvalue weighted by Crippen LogP contribution is 2.32. The highest BCUT2D eigenvalue weighted by Gasteiger charge is 2.13. The summed E-state index contributed by atoms with van der Waals surface area (Å²) >= 11 is 1.79. The second kappa shape index (κ2) is 7.19. The molecular weight excluding hydrogens is 330 g/mol. The van der Waals surface area contributed by atoms with E-state index in [1.807, 2.05) is 12.1 Å². The summed E-state index contributed by atoms with van der Waals surface area (Å²) < 4.78 is 11.6. The molecule has 4 rings (SSSR count). The van der Waals surface area contributed by atoms with Crippen LogP contribution in [0.3, 0.4) is 0 Å². The van der Waals surface area contributed by atoms with Crippen molar-refractivity contribution < 1.29 is 9.47 Å². The summed E-state index contributed by atoms with van der Waals surface area (Å²) in [6.07, 6.45) is 0. The van der Waals surface area contributed by atoms with Gasteiger partial charge in [-0.2, -0.15) is 0 Å². The fourth-order valence-corrected chi connectivity index (χ4v) is 3.86. The molecule has 0 unspecified atom stereocenters. The van der Waals surface area contributed by atoms with Crippen molar-refractivity contribution in [3.63, 3.8) is 0 Å². The number of benzene rings is 3. The maximum Gasteiger partial charge on any atom is 0.161 e. The summed E-state index contributed by atoms with van der Waals surface area (Å²) in [6, 6.07) is 20.7. The van der Waals surface area contributed by atoms with E-state index in [2.05, 4.69) is 53.5 Å². The van der Waals surface area contributed by atoms with Gasteiger partial charge in [0.05, 0.1) is 12.2 Å². The Hall–Kier alpha value is -2.46. The molecule has 3 aromatic carbocycles. The average molecular weight is 349 g/mol. The molecule has 0 bridgehead atoms. The smallest absolute Gasteiger partial charge is 0.161 e. The lowest BCUT2D eigenvalue weighted by Gasteiger charge is -2.13. The van der Waals surface area contributed by atoms with Crippen LogP contribution in [0, 0.1) is 0 Å². The molecule has 1 aliphatic rings. The molecule has 1 heterocycles. The lowest BCUT2D eigenvalue weighted by Crippen LogP contribution is -2.00. The van der Waals surface area contributed by atoms with E-state index in [0.717, 1.165) is 34.4 Å². The normalized spacial score (nSPS) is 13.7. The van der Waals surface area contributed by atoms with Crippen LogP contribution >= 0.6 is 11.8 Å². The second-order valence-corrected chi connectivity index (χ2v) is 6.91. The number of thioether (sulfide) groups is 1. The summed E-state index contributed by atoms with van der Waals surface area (Å²) in [5.74, 6) is 2.55. The first-order valence-corrected chi connectivity index (χ1v) is 9.29. The number of methoxy groups -OCH3 is 1. The predicted molar refractivity (Wildman–Crippen MR) is 105 cm³/mol. The van der Waals surface area contributed by atoms with Gasteiger partial charge < -0.3 is 9.47 Å². The zero-order valence-electron chi connectivity index (χ0n) is 14.1. The first kappa shape index (κ1) is 16.0. The van der Waals surface area contributed by atoms with E-state index in [4.69, 9.17) is 9.47 Å². The van der Waals surface area contributed by atoms with E-state index < -0.39 is 0 Å².